The zero-order valence-corrected chi connectivity index (χ0v) is 20.5. The molecule has 7 rings (SSSR count). The van der Waals surface area contributed by atoms with Crippen molar-refractivity contribution in [3.63, 3.8) is 0 Å². The molecule has 3 aliphatic carbocycles. The van der Waals surface area contributed by atoms with E-state index in [1.165, 1.54) is 49.0 Å². The summed E-state index contributed by atoms with van der Waals surface area (Å²) >= 11 is 1.73. The topological polar surface area (TPSA) is 60.0 Å². The van der Waals surface area contributed by atoms with E-state index in [9.17, 15) is 0 Å². The highest BCUT2D eigenvalue weighted by Crippen LogP contribution is 2.54. The maximum Gasteiger partial charge on any atom is 0.300 e. The molecule has 6 heteroatoms. The summed E-state index contributed by atoms with van der Waals surface area (Å²) in [5.41, 5.74) is 4.96. The lowest BCUT2D eigenvalue weighted by Crippen LogP contribution is -2.49. The van der Waals surface area contributed by atoms with Crippen LogP contribution in [0.25, 0.3) is 11.0 Å². The second-order valence-corrected chi connectivity index (χ2v) is 10.8. The highest BCUT2D eigenvalue weighted by molar-refractivity contribution is 7.99. The van der Waals surface area contributed by atoms with Crippen molar-refractivity contribution < 1.29 is 9.47 Å². The van der Waals surface area contributed by atoms with Gasteiger partial charge < -0.3 is 14.5 Å². The van der Waals surface area contributed by atoms with Gasteiger partial charge in [-0.3, -0.25) is 4.98 Å². The quantitative estimate of drug-likeness (QED) is 0.322. The van der Waals surface area contributed by atoms with Crippen molar-refractivity contribution in [2.24, 2.45) is 0 Å². The number of aromatic amines is 1. The van der Waals surface area contributed by atoms with Gasteiger partial charge in [0.1, 0.15) is 5.75 Å². The van der Waals surface area contributed by atoms with Crippen molar-refractivity contribution in [1.82, 2.24) is 15.0 Å². The molecule has 2 bridgehead atoms. The van der Waals surface area contributed by atoms with Gasteiger partial charge in [-0.2, -0.15) is 4.98 Å². The Balaban J connectivity index is 1.19. The van der Waals surface area contributed by atoms with Crippen LogP contribution in [-0.2, 0) is 10.2 Å². The van der Waals surface area contributed by atoms with Crippen LogP contribution in [0.2, 0.25) is 0 Å². The van der Waals surface area contributed by atoms with Crippen molar-refractivity contribution in [2.75, 3.05) is 7.11 Å². The first-order valence-electron chi connectivity index (χ1n) is 12.0. The Morgan fingerprint density at radius 1 is 0.882 bits per heavy atom. The number of aromatic nitrogens is 3. The SMILES string of the molecule is COC12CCC(c3ccc(Oc4nc5ccc(Sc6ccncc6)c(C)c5[nH]4)cc3)(CC1)CC2. The van der Waals surface area contributed by atoms with Crippen molar-refractivity contribution in [3.8, 4) is 11.8 Å². The number of aryl methyl sites for hydroxylation is 1. The molecule has 0 aliphatic heterocycles. The van der Waals surface area contributed by atoms with Crippen LogP contribution in [0.3, 0.4) is 0 Å². The van der Waals surface area contributed by atoms with Gasteiger partial charge in [0.05, 0.1) is 16.6 Å². The summed E-state index contributed by atoms with van der Waals surface area (Å²) in [5, 5.41) is 0. The van der Waals surface area contributed by atoms with E-state index in [-0.39, 0.29) is 5.60 Å². The number of rotatable bonds is 6. The molecule has 5 nitrogen and oxygen atoms in total. The summed E-state index contributed by atoms with van der Waals surface area (Å²) in [5.74, 6) is 0.807. The summed E-state index contributed by atoms with van der Waals surface area (Å²) < 4.78 is 12.0. The number of H-pyrrole nitrogens is 1. The van der Waals surface area contributed by atoms with Gasteiger partial charge in [-0.15, -0.1) is 0 Å². The standard InChI is InChI=1S/C28H29N3O2S/c1-19-24(34-22-9-17-29-18-10-22)8-7-23-25(19)31-26(30-23)33-21-5-3-20(4-6-21)27-11-14-28(32-2,15-12-27)16-13-27/h3-10,17-18H,11-16H2,1-2H3,(H,30,31). The van der Waals surface area contributed by atoms with Crippen molar-refractivity contribution >= 4 is 22.8 Å². The minimum atomic E-state index is 0.140. The molecule has 3 saturated carbocycles. The lowest BCUT2D eigenvalue weighted by Gasteiger charge is -2.53. The first-order valence-corrected chi connectivity index (χ1v) is 12.8. The molecule has 1 N–H and O–H groups in total. The molecule has 0 spiro atoms. The minimum absolute atomic E-state index is 0.140. The smallest absolute Gasteiger partial charge is 0.300 e. The fourth-order valence-electron chi connectivity index (χ4n) is 5.74. The summed E-state index contributed by atoms with van der Waals surface area (Å²) in [6.45, 7) is 2.12. The maximum atomic E-state index is 6.13. The Labute approximate surface area is 204 Å². The molecule has 3 aliphatic rings. The molecule has 2 aromatic carbocycles. The predicted molar refractivity (Wildman–Crippen MR) is 135 cm³/mol. The van der Waals surface area contributed by atoms with Gasteiger partial charge in [0.15, 0.2) is 0 Å². The molecule has 2 heterocycles. The summed E-state index contributed by atoms with van der Waals surface area (Å²) in [4.78, 5) is 14.5. The molecular formula is C28H29N3O2S. The van der Waals surface area contributed by atoms with Crippen molar-refractivity contribution in [3.05, 3.63) is 72.1 Å². The van der Waals surface area contributed by atoms with E-state index in [4.69, 9.17) is 9.47 Å². The summed E-state index contributed by atoms with van der Waals surface area (Å²) in [6.07, 6.45) is 10.8. The number of nitrogens with one attached hydrogen (secondary N) is 1. The average molecular weight is 472 g/mol. The van der Waals surface area contributed by atoms with E-state index in [0.29, 0.717) is 11.4 Å². The van der Waals surface area contributed by atoms with Gasteiger partial charge >= 0.3 is 0 Å². The van der Waals surface area contributed by atoms with Crippen LogP contribution in [-0.4, -0.2) is 27.7 Å². The monoisotopic (exact) mass is 471 g/mol. The van der Waals surface area contributed by atoms with Gasteiger partial charge in [-0.25, -0.2) is 0 Å². The minimum Gasteiger partial charge on any atom is -0.426 e. The normalized spacial score (nSPS) is 23.9. The number of hydrogen-bond acceptors (Lipinski definition) is 5. The molecule has 0 atom stereocenters. The zero-order valence-electron chi connectivity index (χ0n) is 19.6. The van der Waals surface area contributed by atoms with Crippen LogP contribution in [0.15, 0.2) is 70.7 Å². The Hall–Kier alpha value is -2.83. The number of fused-ring (bicyclic) bond motifs is 4. The molecule has 2 aromatic heterocycles. The molecule has 0 amide bonds. The summed E-state index contributed by atoms with van der Waals surface area (Å²) in [6, 6.07) is 17.4. The number of hydrogen-bond donors (Lipinski definition) is 1. The molecule has 0 radical (unpaired) electrons. The van der Waals surface area contributed by atoms with Gasteiger partial charge in [0.2, 0.25) is 0 Å². The van der Waals surface area contributed by atoms with Crippen LogP contribution < -0.4 is 4.74 Å². The second-order valence-electron chi connectivity index (χ2n) is 9.70. The Morgan fingerprint density at radius 3 is 2.26 bits per heavy atom. The zero-order chi connectivity index (χ0) is 23.2. The Kier molecular flexibility index (Phi) is 5.38. The highest BCUT2D eigenvalue weighted by Gasteiger charge is 2.49. The van der Waals surface area contributed by atoms with Gasteiger partial charge in [-0.1, -0.05) is 23.9 Å². The molecular weight excluding hydrogens is 442 g/mol. The number of nitrogens with zero attached hydrogens (tertiary/aromatic N) is 2. The van der Waals surface area contributed by atoms with E-state index >= 15 is 0 Å². The van der Waals surface area contributed by atoms with Crippen molar-refractivity contribution in [2.45, 2.75) is 66.3 Å². The van der Waals surface area contributed by atoms with Crippen LogP contribution in [0.5, 0.6) is 11.8 Å². The Morgan fingerprint density at radius 2 is 1.59 bits per heavy atom. The molecule has 34 heavy (non-hydrogen) atoms. The molecule has 174 valence electrons. The second kappa shape index (κ2) is 8.43. The van der Waals surface area contributed by atoms with Gasteiger partial charge in [0.25, 0.3) is 6.01 Å². The average Bonchev–Trinajstić information content (AvgIpc) is 3.31. The Bertz CT molecular complexity index is 1290. The maximum absolute atomic E-state index is 6.13. The van der Waals surface area contributed by atoms with E-state index in [1.807, 2.05) is 37.7 Å². The van der Waals surface area contributed by atoms with Crippen molar-refractivity contribution in [1.29, 1.82) is 0 Å². The molecule has 3 fully saturated rings. The predicted octanol–water partition coefficient (Wildman–Crippen LogP) is 7.20. The first-order chi connectivity index (χ1) is 16.6. The van der Waals surface area contributed by atoms with Gasteiger partial charge in [0, 0.05) is 29.3 Å². The fourth-order valence-corrected chi connectivity index (χ4v) is 6.65. The number of benzene rings is 2. The summed E-state index contributed by atoms with van der Waals surface area (Å²) in [7, 11) is 1.88. The third-order valence-corrected chi connectivity index (χ3v) is 9.19. The van der Waals surface area contributed by atoms with Crippen LogP contribution >= 0.6 is 11.8 Å². The number of pyridine rings is 1. The first kappa shape index (κ1) is 21.7. The van der Waals surface area contributed by atoms with Crippen LogP contribution in [0, 0.1) is 6.92 Å². The highest BCUT2D eigenvalue weighted by atomic mass is 32.2. The molecule has 0 saturated heterocycles. The van der Waals surface area contributed by atoms with Crippen LogP contribution in [0.1, 0.15) is 49.7 Å². The van der Waals surface area contributed by atoms with E-state index < -0.39 is 0 Å². The largest absolute Gasteiger partial charge is 0.426 e. The third kappa shape index (κ3) is 3.79. The third-order valence-electron chi connectivity index (χ3n) is 8.02. The van der Waals surface area contributed by atoms with Crippen LogP contribution in [0.4, 0.5) is 0 Å². The molecule has 0 unspecified atom stereocenters. The lowest BCUT2D eigenvalue weighted by molar-refractivity contribution is -0.0955. The van der Waals surface area contributed by atoms with E-state index in [1.54, 1.807) is 11.8 Å². The van der Waals surface area contributed by atoms with E-state index in [0.717, 1.165) is 27.2 Å². The lowest BCUT2D eigenvalue weighted by atomic mass is 9.56. The fraction of sp³-hybridized carbons (Fsp3) is 0.357. The van der Waals surface area contributed by atoms with Gasteiger partial charge in [-0.05, 0) is 98.4 Å². The van der Waals surface area contributed by atoms with E-state index in [2.05, 4.69) is 52.2 Å². The number of ether oxygens (including phenoxy) is 2. The number of imidazole rings is 1. The molecule has 4 aromatic rings. The number of methoxy groups -OCH3 is 1.